The number of fused-ring (bicyclic) bond motifs is 1. The number of anilines is 1. The Morgan fingerprint density at radius 2 is 1.73 bits per heavy atom. The number of hydrogen-bond donors (Lipinski definition) is 1. The van der Waals surface area contributed by atoms with E-state index in [-0.39, 0.29) is 23.9 Å². The molecule has 0 atom stereocenters. The lowest BCUT2D eigenvalue weighted by atomic mass is 10.0. The Labute approximate surface area is 244 Å². The van der Waals surface area contributed by atoms with Gasteiger partial charge in [-0.2, -0.15) is 0 Å². The molecule has 0 bridgehead atoms. The second-order valence-corrected chi connectivity index (χ2v) is 10.7. The van der Waals surface area contributed by atoms with E-state index in [1.165, 1.54) is 12.4 Å². The van der Waals surface area contributed by atoms with E-state index in [1.807, 2.05) is 53.1 Å². The lowest BCUT2D eigenvalue weighted by Crippen LogP contribution is -2.45. The third kappa shape index (κ3) is 5.60. The molecule has 3 aromatic carbocycles. The fourth-order valence-electron chi connectivity index (χ4n) is 5.12. The van der Waals surface area contributed by atoms with Gasteiger partial charge in [-0.15, -0.1) is 0 Å². The molecule has 2 aromatic heterocycles. The van der Waals surface area contributed by atoms with E-state index < -0.39 is 11.6 Å². The highest BCUT2D eigenvalue weighted by Gasteiger charge is 2.26. The van der Waals surface area contributed by atoms with Gasteiger partial charge in [0.05, 0.1) is 11.4 Å². The van der Waals surface area contributed by atoms with Gasteiger partial charge in [0.1, 0.15) is 23.8 Å². The van der Waals surface area contributed by atoms with Crippen molar-refractivity contribution in [1.82, 2.24) is 24.8 Å². The number of piperidine rings is 1. The highest BCUT2D eigenvalue weighted by molar-refractivity contribution is 6.33. The van der Waals surface area contributed by atoms with Crippen molar-refractivity contribution in [2.75, 3.05) is 18.0 Å². The van der Waals surface area contributed by atoms with Crippen molar-refractivity contribution in [3.8, 4) is 17.1 Å². The van der Waals surface area contributed by atoms with E-state index in [9.17, 15) is 13.6 Å². The van der Waals surface area contributed by atoms with Crippen molar-refractivity contribution in [2.45, 2.75) is 25.3 Å². The molecule has 1 amide bonds. The first-order chi connectivity index (χ1) is 19.9. The Morgan fingerprint density at radius 3 is 2.46 bits per heavy atom. The van der Waals surface area contributed by atoms with Crippen molar-refractivity contribution in [3.05, 3.63) is 100 Å². The fourth-order valence-corrected chi connectivity index (χ4v) is 5.47. The molecular weight excluding hydrogens is 569 g/mol. The third-order valence-electron chi connectivity index (χ3n) is 7.15. The summed E-state index contributed by atoms with van der Waals surface area (Å²) in [7, 11) is 0. The molecule has 208 valence electrons. The van der Waals surface area contributed by atoms with Crippen molar-refractivity contribution < 1.29 is 13.6 Å². The number of rotatable bonds is 6. The van der Waals surface area contributed by atoms with Crippen molar-refractivity contribution in [2.24, 2.45) is 0 Å². The number of carbonyl (C=O) groups excluding carboxylic acids is 1. The van der Waals surface area contributed by atoms with Crippen LogP contribution < -0.4 is 10.2 Å². The van der Waals surface area contributed by atoms with Crippen LogP contribution in [0, 0.1) is 11.6 Å². The van der Waals surface area contributed by atoms with Gasteiger partial charge >= 0.3 is 0 Å². The van der Waals surface area contributed by atoms with Crippen LogP contribution in [-0.4, -0.2) is 44.6 Å². The topological polar surface area (TPSA) is 75.9 Å². The minimum atomic E-state index is -0.725. The average Bonchev–Trinajstić information content (AvgIpc) is 3.35. The van der Waals surface area contributed by atoms with Gasteiger partial charge < -0.3 is 10.2 Å². The molecule has 1 fully saturated rings. The number of nitrogens with one attached hydrogen (secondary N) is 1. The molecule has 5 aromatic rings. The van der Waals surface area contributed by atoms with Crippen LogP contribution in [0.4, 0.5) is 14.6 Å². The van der Waals surface area contributed by atoms with Gasteiger partial charge in [-0.05, 0) is 60.9 Å². The maximum Gasteiger partial charge on any atom is 0.224 e. The second kappa shape index (κ2) is 11.4. The van der Waals surface area contributed by atoms with Gasteiger partial charge in [0.2, 0.25) is 5.91 Å². The normalized spacial score (nSPS) is 14.0. The predicted octanol–water partition coefficient (Wildman–Crippen LogP) is 6.40. The van der Waals surface area contributed by atoms with Crippen molar-refractivity contribution in [3.63, 3.8) is 0 Å². The minimum Gasteiger partial charge on any atom is -0.355 e. The van der Waals surface area contributed by atoms with E-state index in [0.717, 1.165) is 23.4 Å². The molecule has 41 heavy (non-hydrogen) atoms. The summed E-state index contributed by atoms with van der Waals surface area (Å²) in [5.41, 5.74) is 3.01. The van der Waals surface area contributed by atoms with E-state index in [2.05, 4.69) is 20.2 Å². The molecule has 0 spiro atoms. The minimum absolute atomic E-state index is 0.0788. The molecule has 6 rings (SSSR count). The second-order valence-electron chi connectivity index (χ2n) is 9.84. The van der Waals surface area contributed by atoms with Crippen LogP contribution in [0.3, 0.4) is 0 Å². The molecule has 0 unspecified atom stereocenters. The first-order valence-corrected chi connectivity index (χ1v) is 13.9. The maximum atomic E-state index is 14.0. The highest BCUT2D eigenvalue weighted by atomic mass is 35.5. The Hall–Kier alpha value is -4.08. The van der Waals surface area contributed by atoms with Gasteiger partial charge in [-0.3, -0.25) is 9.36 Å². The first-order valence-electron chi connectivity index (χ1n) is 13.1. The highest BCUT2D eigenvalue weighted by Crippen LogP contribution is 2.35. The molecule has 1 saturated heterocycles. The van der Waals surface area contributed by atoms with Crippen LogP contribution in [-0.2, 0) is 11.2 Å². The number of halogens is 4. The van der Waals surface area contributed by atoms with Gasteiger partial charge in [0, 0.05) is 41.5 Å². The molecular formula is C30H24Cl2F2N6O. The number of carbonyl (C=O) groups is 1. The summed E-state index contributed by atoms with van der Waals surface area (Å²) in [6.45, 7) is 1.24. The fraction of sp³-hybridized carbons (Fsp3) is 0.200. The Morgan fingerprint density at radius 1 is 0.976 bits per heavy atom. The van der Waals surface area contributed by atoms with E-state index in [1.54, 1.807) is 0 Å². The lowest BCUT2D eigenvalue weighted by Gasteiger charge is -2.33. The largest absolute Gasteiger partial charge is 0.355 e. The van der Waals surface area contributed by atoms with Crippen LogP contribution in [0.2, 0.25) is 10.0 Å². The molecule has 1 aliphatic heterocycles. The van der Waals surface area contributed by atoms with Crippen molar-refractivity contribution in [1.29, 1.82) is 0 Å². The summed E-state index contributed by atoms with van der Waals surface area (Å²) in [6, 6.07) is 18.1. The van der Waals surface area contributed by atoms with Crippen LogP contribution in [0.15, 0.2) is 73.1 Å². The molecule has 1 N–H and O–H groups in total. The van der Waals surface area contributed by atoms with E-state index in [4.69, 9.17) is 28.2 Å². The zero-order valence-electron chi connectivity index (χ0n) is 21.7. The van der Waals surface area contributed by atoms with E-state index >= 15 is 0 Å². The molecule has 11 heteroatoms. The number of imidazole rings is 1. The lowest BCUT2D eigenvalue weighted by molar-refractivity contribution is -0.121. The summed E-state index contributed by atoms with van der Waals surface area (Å²) >= 11 is 12.8. The van der Waals surface area contributed by atoms with Gasteiger partial charge in [-0.1, -0.05) is 41.4 Å². The molecule has 3 heterocycles. The number of aromatic nitrogens is 4. The summed E-state index contributed by atoms with van der Waals surface area (Å²) in [6.07, 6.45) is 2.70. The van der Waals surface area contributed by atoms with Crippen LogP contribution in [0.5, 0.6) is 0 Å². The zero-order valence-corrected chi connectivity index (χ0v) is 23.2. The number of nitrogens with zero attached hydrogens (tertiary/aromatic N) is 5. The Bertz CT molecular complexity index is 1740. The summed E-state index contributed by atoms with van der Waals surface area (Å²) in [4.78, 5) is 28.9. The maximum absolute atomic E-state index is 14.0. The molecule has 0 radical (unpaired) electrons. The third-order valence-corrected chi connectivity index (χ3v) is 7.73. The SMILES string of the molecule is O=C(Cc1ccc(F)cc1F)NC1CCN(c2ncnc3c2nc(-c2ccccc2Cl)n3-c2ccc(Cl)cc2)CC1. The summed E-state index contributed by atoms with van der Waals surface area (Å²) < 4.78 is 29.1. The van der Waals surface area contributed by atoms with Gasteiger partial charge in [0.25, 0.3) is 0 Å². The molecule has 1 aliphatic rings. The van der Waals surface area contributed by atoms with Crippen LogP contribution in [0.1, 0.15) is 18.4 Å². The zero-order chi connectivity index (χ0) is 28.5. The van der Waals surface area contributed by atoms with Gasteiger partial charge in [-0.25, -0.2) is 23.7 Å². The van der Waals surface area contributed by atoms with Gasteiger partial charge in [0.15, 0.2) is 17.0 Å². The average molecular weight is 593 g/mol. The van der Waals surface area contributed by atoms with Crippen LogP contribution in [0.25, 0.3) is 28.2 Å². The van der Waals surface area contributed by atoms with E-state index in [0.29, 0.717) is 58.8 Å². The molecule has 7 nitrogen and oxygen atoms in total. The quantitative estimate of drug-likeness (QED) is 0.247. The summed E-state index contributed by atoms with van der Waals surface area (Å²) in [5, 5.41) is 4.16. The summed E-state index contributed by atoms with van der Waals surface area (Å²) in [5.74, 6) is -0.379. The molecule has 0 aliphatic carbocycles. The first kappa shape index (κ1) is 27.1. The number of amides is 1. The number of hydrogen-bond acceptors (Lipinski definition) is 5. The standard InChI is InChI=1S/C30H24Cl2F2N6O/c31-19-6-9-22(10-7-19)40-28(23-3-1-2-4-24(23)32)38-27-29(35-17-36-30(27)40)39-13-11-21(12-14-39)37-26(41)15-18-5-8-20(33)16-25(18)34/h1-10,16-17,21H,11-15H2,(H,37,41). The van der Waals surface area contributed by atoms with Crippen molar-refractivity contribution >= 4 is 46.1 Å². The smallest absolute Gasteiger partial charge is 0.224 e. The number of benzene rings is 3. The Balaban J connectivity index is 1.25. The monoisotopic (exact) mass is 592 g/mol. The predicted molar refractivity (Wildman–Crippen MR) is 156 cm³/mol. The Kier molecular flexibility index (Phi) is 7.55. The molecule has 0 saturated carbocycles. The van der Waals surface area contributed by atoms with Crippen LogP contribution >= 0.6 is 23.2 Å².